The van der Waals surface area contributed by atoms with Gasteiger partial charge in [-0.1, -0.05) is 0 Å². The number of carbonyl (C=O) groups is 1. The average Bonchev–Trinajstić information content (AvgIpc) is 2.82. The summed E-state index contributed by atoms with van der Waals surface area (Å²) in [7, 11) is 1.71. The Balaban J connectivity index is 2.06. The van der Waals surface area contributed by atoms with Crippen LogP contribution in [0.5, 0.6) is 0 Å². The molecule has 1 aliphatic rings. The number of hydrogen-bond acceptors (Lipinski definition) is 6. The van der Waals surface area contributed by atoms with Gasteiger partial charge in [0.15, 0.2) is 5.82 Å². The Labute approximate surface area is 111 Å². The number of amides is 1. The molecule has 1 aromatic heterocycles. The maximum Gasteiger partial charge on any atom is 0.410 e. The number of ether oxygens (including phenoxy) is 1. The van der Waals surface area contributed by atoms with E-state index in [0.717, 1.165) is 0 Å². The van der Waals surface area contributed by atoms with Crippen molar-refractivity contribution in [1.29, 1.82) is 0 Å². The van der Waals surface area contributed by atoms with Gasteiger partial charge in [-0.15, -0.1) is 5.10 Å². The first kappa shape index (κ1) is 13.7. The molecule has 1 fully saturated rings. The van der Waals surface area contributed by atoms with Crippen LogP contribution in [0.4, 0.5) is 4.79 Å². The van der Waals surface area contributed by atoms with Gasteiger partial charge < -0.3 is 14.7 Å². The molecule has 8 heteroatoms. The summed E-state index contributed by atoms with van der Waals surface area (Å²) in [6.07, 6.45) is -1.11. The van der Waals surface area contributed by atoms with Gasteiger partial charge in [-0.3, -0.25) is 0 Å². The standard InChI is InChI=1S/C11H19N5O3/c1-11(2,3)19-10(18)16-5-7(8(17)6-16)9-12-13-14-15(9)4/h7-8,17H,5-6H2,1-4H3/t7-,8-/m1/s1. The summed E-state index contributed by atoms with van der Waals surface area (Å²) in [4.78, 5) is 13.4. The Morgan fingerprint density at radius 1 is 1.42 bits per heavy atom. The van der Waals surface area contributed by atoms with E-state index in [1.54, 1.807) is 7.05 Å². The van der Waals surface area contributed by atoms with Gasteiger partial charge in [-0.25, -0.2) is 9.48 Å². The second-order valence-corrected chi connectivity index (χ2v) is 5.72. The fourth-order valence-corrected chi connectivity index (χ4v) is 2.07. The molecule has 2 heterocycles. The lowest BCUT2D eigenvalue weighted by molar-refractivity contribution is 0.0270. The Hall–Kier alpha value is -1.70. The highest BCUT2D eigenvalue weighted by atomic mass is 16.6. The minimum absolute atomic E-state index is 0.229. The Kier molecular flexibility index (Phi) is 3.44. The van der Waals surface area contributed by atoms with E-state index >= 15 is 0 Å². The molecule has 0 radical (unpaired) electrons. The van der Waals surface area contributed by atoms with Crippen molar-refractivity contribution in [3.63, 3.8) is 0 Å². The van der Waals surface area contributed by atoms with Crippen LogP contribution in [0.3, 0.4) is 0 Å². The van der Waals surface area contributed by atoms with Crippen molar-refractivity contribution in [1.82, 2.24) is 25.1 Å². The van der Waals surface area contributed by atoms with Crippen LogP contribution in [-0.2, 0) is 11.8 Å². The van der Waals surface area contributed by atoms with Gasteiger partial charge in [0.05, 0.1) is 18.6 Å². The third kappa shape index (κ3) is 3.01. The van der Waals surface area contributed by atoms with Crippen molar-refractivity contribution >= 4 is 6.09 Å². The molecule has 19 heavy (non-hydrogen) atoms. The van der Waals surface area contributed by atoms with Crippen molar-refractivity contribution in [2.24, 2.45) is 7.05 Å². The zero-order valence-corrected chi connectivity index (χ0v) is 11.6. The van der Waals surface area contributed by atoms with E-state index < -0.39 is 17.8 Å². The predicted molar refractivity (Wildman–Crippen MR) is 65.4 cm³/mol. The molecule has 0 aliphatic carbocycles. The minimum atomic E-state index is -0.683. The first-order valence-electron chi connectivity index (χ1n) is 6.16. The summed E-state index contributed by atoms with van der Waals surface area (Å²) in [5.41, 5.74) is -0.549. The topological polar surface area (TPSA) is 93.4 Å². The molecule has 1 aromatic rings. The highest BCUT2D eigenvalue weighted by molar-refractivity contribution is 5.68. The first-order valence-corrected chi connectivity index (χ1v) is 6.16. The summed E-state index contributed by atoms with van der Waals surface area (Å²) in [6, 6.07) is 0. The highest BCUT2D eigenvalue weighted by Gasteiger charge is 2.39. The molecule has 106 valence electrons. The molecule has 0 aromatic carbocycles. The summed E-state index contributed by atoms with van der Waals surface area (Å²) in [5, 5.41) is 21.2. The van der Waals surface area contributed by atoms with Gasteiger partial charge in [-0.05, 0) is 31.2 Å². The molecule has 0 bridgehead atoms. The van der Waals surface area contributed by atoms with Crippen LogP contribution in [0.25, 0.3) is 0 Å². The zero-order chi connectivity index (χ0) is 14.2. The molecule has 2 rings (SSSR count). The van der Waals surface area contributed by atoms with E-state index in [2.05, 4.69) is 15.5 Å². The van der Waals surface area contributed by atoms with Gasteiger partial charge in [0.2, 0.25) is 0 Å². The largest absolute Gasteiger partial charge is 0.444 e. The number of hydrogen-bond donors (Lipinski definition) is 1. The van der Waals surface area contributed by atoms with Gasteiger partial charge in [0, 0.05) is 13.6 Å². The van der Waals surface area contributed by atoms with E-state index in [-0.39, 0.29) is 12.5 Å². The monoisotopic (exact) mass is 269 g/mol. The van der Waals surface area contributed by atoms with E-state index in [0.29, 0.717) is 12.4 Å². The van der Waals surface area contributed by atoms with E-state index in [9.17, 15) is 9.90 Å². The molecule has 8 nitrogen and oxygen atoms in total. The van der Waals surface area contributed by atoms with Gasteiger partial charge in [-0.2, -0.15) is 0 Å². The first-order chi connectivity index (χ1) is 8.78. The van der Waals surface area contributed by atoms with Gasteiger partial charge in [0.1, 0.15) is 5.60 Å². The maximum atomic E-state index is 11.9. The number of β-amino-alcohol motifs (C(OH)–C–C–N with tert-alkyl or cyclic N) is 1. The second kappa shape index (κ2) is 4.76. The number of carbonyl (C=O) groups excluding carboxylic acids is 1. The molecular weight excluding hydrogens is 250 g/mol. The highest BCUT2D eigenvalue weighted by Crippen LogP contribution is 2.26. The van der Waals surface area contributed by atoms with Crippen LogP contribution in [0, 0.1) is 0 Å². The van der Waals surface area contributed by atoms with Crippen molar-refractivity contribution in [2.75, 3.05) is 13.1 Å². The van der Waals surface area contributed by atoms with Gasteiger partial charge >= 0.3 is 6.09 Å². The number of rotatable bonds is 1. The van der Waals surface area contributed by atoms with E-state index in [1.165, 1.54) is 9.58 Å². The number of aliphatic hydroxyl groups is 1. The molecule has 1 saturated heterocycles. The van der Waals surface area contributed by atoms with E-state index in [1.807, 2.05) is 20.8 Å². The lowest BCUT2D eigenvalue weighted by Crippen LogP contribution is -2.35. The predicted octanol–water partition coefficient (Wildman–Crippen LogP) is -0.0947. The smallest absolute Gasteiger partial charge is 0.410 e. The normalized spacial score (nSPS) is 23.7. The summed E-state index contributed by atoms with van der Waals surface area (Å²) in [6.45, 7) is 6.00. The fraction of sp³-hybridized carbons (Fsp3) is 0.818. The summed E-state index contributed by atoms with van der Waals surface area (Å²) >= 11 is 0. The van der Waals surface area contributed by atoms with Crippen LogP contribution in [0.1, 0.15) is 32.5 Å². The SMILES string of the molecule is Cn1nnnc1[C@@H]1CN(C(=O)OC(C)(C)C)C[C@H]1O. The van der Waals surface area contributed by atoms with E-state index in [4.69, 9.17) is 4.74 Å². The zero-order valence-electron chi connectivity index (χ0n) is 11.6. The Morgan fingerprint density at radius 2 is 2.11 bits per heavy atom. The van der Waals surface area contributed by atoms with Crippen LogP contribution in [-0.4, -0.2) is 61.1 Å². The number of aliphatic hydroxyl groups excluding tert-OH is 1. The average molecular weight is 269 g/mol. The number of likely N-dealkylation sites (tertiary alicyclic amines) is 1. The van der Waals surface area contributed by atoms with Crippen LogP contribution < -0.4 is 0 Å². The molecule has 1 N–H and O–H groups in total. The summed E-state index contributed by atoms with van der Waals surface area (Å²) < 4.78 is 6.79. The number of aromatic nitrogens is 4. The van der Waals surface area contributed by atoms with Crippen molar-refractivity contribution < 1.29 is 14.6 Å². The molecule has 0 unspecified atom stereocenters. The number of tetrazole rings is 1. The molecule has 0 spiro atoms. The number of aryl methyl sites for hydroxylation is 1. The third-order valence-electron chi connectivity index (χ3n) is 2.93. The minimum Gasteiger partial charge on any atom is -0.444 e. The lowest BCUT2D eigenvalue weighted by atomic mass is 10.1. The third-order valence-corrected chi connectivity index (χ3v) is 2.93. The summed E-state index contributed by atoms with van der Waals surface area (Å²) in [5.74, 6) is 0.283. The Morgan fingerprint density at radius 3 is 2.63 bits per heavy atom. The van der Waals surface area contributed by atoms with Crippen molar-refractivity contribution in [3.05, 3.63) is 5.82 Å². The molecule has 1 aliphatic heterocycles. The molecular formula is C11H19N5O3. The quantitative estimate of drug-likeness (QED) is 0.765. The maximum absolute atomic E-state index is 11.9. The van der Waals surface area contributed by atoms with Crippen LogP contribution >= 0.6 is 0 Å². The second-order valence-electron chi connectivity index (χ2n) is 5.72. The molecule has 1 amide bonds. The van der Waals surface area contributed by atoms with Crippen LogP contribution in [0.2, 0.25) is 0 Å². The lowest BCUT2D eigenvalue weighted by Gasteiger charge is -2.24. The van der Waals surface area contributed by atoms with Gasteiger partial charge in [0.25, 0.3) is 0 Å². The molecule has 0 saturated carbocycles. The van der Waals surface area contributed by atoms with Crippen LogP contribution in [0.15, 0.2) is 0 Å². The fourth-order valence-electron chi connectivity index (χ4n) is 2.07. The number of nitrogens with zero attached hydrogens (tertiary/aromatic N) is 5. The van der Waals surface area contributed by atoms with Crippen molar-refractivity contribution in [3.8, 4) is 0 Å². The molecule has 2 atom stereocenters. The Bertz CT molecular complexity index is 467. The van der Waals surface area contributed by atoms with Crippen molar-refractivity contribution in [2.45, 2.75) is 38.4 Å².